The number of benzene rings is 2. The van der Waals surface area contributed by atoms with E-state index in [1.54, 1.807) is 16.8 Å². The van der Waals surface area contributed by atoms with E-state index in [0.29, 0.717) is 23.6 Å². The number of fused-ring (bicyclic) bond motifs is 1. The summed E-state index contributed by atoms with van der Waals surface area (Å²) in [7, 11) is 0. The molecule has 1 atom stereocenters. The fourth-order valence-electron chi connectivity index (χ4n) is 3.84. The van der Waals surface area contributed by atoms with E-state index in [0.717, 1.165) is 28.2 Å². The van der Waals surface area contributed by atoms with Crippen LogP contribution >= 0.6 is 11.6 Å². The maximum absolute atomic E-state index is 13.4. The zero-order valence-corrected chi connectivity index (χ0v) is 17.0. The maximum atomic E-state index is 13.4. The number of rotatable bonds is 3. The molecule has 1 aliphatic rings. The predicted molar refractivity (Wildman–Crippen MR) is 111 cm³/mol. The van der Waals surface area contributed by atoms with Gasteiger partial charge in [0.25, 0.3) is 5.91 Å². The van der Waals surface area contributed by atoms with Crippen molar-refractivity contribution in [1.29, 1.82) is 0 Å². The zero-order valence-electron chi connectivity index (χ0n) is 16.2. The Kier molecular flexibility index (Phi) is 4.88. The van der Waals surface area contributed by atoms with E-state index >= 15 is 0 Å². The highest BCUT2D eigenvalue weighted by molar-refractivity contribution is 6.34. The van der Waals surface area contributed by atoms with Gasteiger partial charge in [0.05, 0.1) is 22.0 Å². The molecule has 2 N–H and O–H groups in total. The Morgan fingerprint density at radius 1 is 1.10 bits per heavy atom. The minimum Gasteiger partial charge on any atom is -0.368 e. The Balaban J connectivity index is 1.74. The molecule has 2 aromatic carbocycles. The van der Waals surface area contributed by atoms with Gasteiger partial charge in [0, 0.05) is 18.7 Å². The van der Waals surface area contributed by atoms with Gasteiger partial charge in [-0.25, -0.2) is 4.68 Å². The van der Waals surface area contributed by atoms with Crippen LogP contribution in [0, 0.1) is 13.8 Å². The summed E-state index contributed by atoms with van der Waals surface area (Å²) in [5.74, 6) is -0.852. The number of aryl methyl sites for hydroxylation is 2. The normalized spacial score (nSPS) is 15.8. The summed E-state index contributed by atoms with van der Waals surface area (Å²) >= 11 is 6.38. The van der Waals surface area contributed by atoms with Gasteiger partial charge in [-0.2, -0.15) is 5.10 Å². The molecule has 29 heavy (non-hydrogen) atoms. The first-order chi connectivity index (χ1) is 13.8. The second kappa shape index (κ2) is 7.37. The third-order valence-corrected chi connectivity index (χ3v) is 5.60. The minimum atomic E-state index is -0.717. The minimum absolute atomic E-state index is 0.309. The largest absolute Gasteiger partial charge is 0.368 e. The second-order valence-corrected chi connectivity index (χ2v) is 7.73. The Hall–Kier alpha value is -3.12. The summed E-state index contributed by atoms with van der Waals surface area (Å²) in [5, 5.41) is 4.79. The average Bonchev–Trinajstić information content (AvgIpc) is 3.04. The lowest BCUT2D eigenvalue weighted by molar-refractivity contribution is -0.122. The van der Waals surface area contributed by atoms with E-state index in [-0.39, 0.29) is 5.91 Å². The van der Waals surface area contributed by atoms with Crippen LogP contribution in [0.2, 0.25) is 5.02 Å². The van der Waals surface area contributed by atoms with Crippen LogP contribution in [-0.4, -0.2) is 32.5 Å². The first kappa shape index (κ1) is 19.2. The molecule has 4 rings (SSSR count). The lowest BCUT2D eigenvalue weighted by Gasteiger charge is -2.35. The smallest absolute Gasteiger partial charge is 0.256 e. The predicted octanol–water partition coefficient (Wildman–Crippen LogP) is 3.19. The van der Waals surface area contributed by atoms with Crippen molar-refractivity contribution >= 4 is 23.4 Å². The standard InChI is InChI=1S/C22H21ClN4O2/c1-13-9-14(2)27(25-13)17-7-8-19(23)18(11-17)22(29)26-12-16-6-4-3-5-15(16)10-20(26)21(24)28/h3-9,11,20H,10,12H2,1-2H3,(H2,24,28)/t20-/m0/s1. The number of nitrogens with zero attached hydrogens (tertiary/aromatic N) is 3. The van der Waals surface area contributed by atoms with Gasteiger partial charge in [-0.1, -0.05) is 35.9 Å². The molecule has 0 saturated heterocycles. The zero-order chi connectivity index (χ0) is 20.7. The molecular formula is C22H21ClN4O2. The van der Waals surface area contributed by atoms with Gasteiger partial charge in [-0.05, 0) is 49.2 Å². The van der Waals surface area contributed by atoms with Crippen LogP contribution in [0.25, 0.3) is 5.69 Å². The fourth-order valence-corrected chi connectivity index (χ4v) is 4.04. The van der Waals surface area contributed by atoms with Crippen molar-refractivity contribution in [1.82, 2.24) is 14.7 Å². The van der Waals surface area contributed by atoms with Gasteiger partial charge in [0.1, 0.15) is 6.04 Å². The molecular weight excluding hydrogens is 388 g/mol. The average molecular weight is 409 g/mol. The molecule has 0 saturated carbocycles. The molecule has 0 unspecified atom stereocenters. The van der Waals surface area contributed by atoms with Crippen molar-refractivity contribution in [3.05, 3.63) is 81.6 Å². The van der Waals surface area contributed by atoms with Gasteiger partial charge in [0.2, 0.25) is 5.91 Å². The highest BCUT2D eigenvalue weighted by atomic mass is 35.5. The van der Waals surface area contributed by atoms with Crippen molar-refractivity contribution in [3.8, 4) is 5.69 Å². The number of primary amides is 1. The number of carbonyl (C=O) groups excluding carboxylic acids is 2. The van der Waals surface area contributed by atoms with Crippen molar-refractivity contribution < 1.29 is 9.59 Å². The molecule has 3 aromatic rings. The Morgan fingerprint density at radius 2 is 1.83 bits per heavy atom. The van der Waals surface area contributed by atoms with Gasteiger partial charge >= 0.3 is 0 Å². The van der Waals surface area contributed by atoms with Crippen molar-refractivity contribution in [3.63, 3.8) is 0 Å². The molecule has 0 aliphatic carbocycles. The maximum Gasteiger partial charge on any atom is 0.256 e. The van der Waals surface area contributed by atoms with Crippen LogP contribution < -0.4 is 5.73 Å². The Morgan fingerprint density at radius 3 is 2.48 bits per heavy atom. The topological polar surface area (TPSA) is 81.2 Å². The van der Waals surface area contributed by atoms with Gasteiger partial charge in [0.15, 0.2) is 0 Å². The molecule has 6 nitrogen and oxygen atoms in total. The summed E-state index contributed by atoms with van der Waals surface area (Å²) in [6.45, 7) is 4.16. The van der Waals surface area contributed by atoms with E-state index in [1.807, 2.05) is 50.2 Å². The second-order valence-electron chi connectivity index (χ2n) is 7.33. The number of nitrogens with two attached hydrogens (primary N) is 1. The number of amides is 2. The highest BCUT2D eigenvalue weighted by Crippen LogP contribution is 2.28. The summed E-state index contributed by atoms with van der Waals surface area (Å²) in [4.78, 5) is 27.0. The van der Waals surface area contributed by atoms with Crippen molar-refractivity contribution in [2.75, 3.05) is 0 Å². The van der Waals surface area contributed by atoms with E-state index in [9.17, 15) is 9.59 Å². The summed E-state index contributed by atoms with van der Waals surface area (Å²) in [6, 6.07) is 14.2. The van der Waals surface area contributed by atoms with Crippen LogP contribution in [-0.2, 0) is 17.8 Å². The summed E-state index contributed by atoms with van der Waals surface area (Å²) < 4.78 is 1.76. The first-order valence-corrected chi connectivity index (χ1v) is 9.73. The van der Waals surface area contributed by atoms with Gasteiger partial charge < -0.3 is 10.6 Å². The highest BCUT2D eigenvalue weighted by Gasteiger charge is 2.34. The van der Waals surface area contributed by atoms with Crippen LogP contribution in [0.1, 0.15) is 32.9 Å². The third kappa shape index (κ3) is 3.51. The van der Waals surface area contributed by atoms with Crippen LogP contribution in [0.3, 0.4) is 0 Å². The van der Waals surface area contributed by atoms with Crippen LogP contribution in [0.15, 0.2) is 48.5 Å². The van der Waals surface area contributed by atoms with Gasteiger partial charge in [-0.3, -0.25) is 9.59 Å². The molecule has 0 bridgehead atoms. The molecule has 148 valence electrons. The molecule has 1 aromatic heterocycles. The lowest BCUT2D eigenvalue weighted by Crippen LogP contribution is -2.51. The number of aromatic nitrogens is 2. The molecule has 0 radical (unpaired) electrons. The fraction of sp³-hybridized carbons (Fsp3) is 0.227. The van der Waals surface area contributed by atoms with E-state index < -0.39 is 11.9 Å². The van der Waals surface area contributed by atoms with E-state index in [4.69, 9.17) is 17.3 Å². The molecule has 2 amide bonds. The molecule has 1 aliphatic heterocycles. The molecule has 2 heterocycles. The quantitative estimate of drug-likeness (QED) is 0.722. The number of hydrogen-bond acceptors (Lipinski definition) is 3. The monoisotopic (exact) mass is 408 g/mol. The number of carbonyl (C=O) groups is 2. The summed E-state index contributed by atoms with van der Waals surface area (Å²) in [5.41, 5.74) is 10.6. The van der Waals surface area contributed by atoms with Crippen LogP contribution in [0.5, 0.6) is 0 Å². The number of halogens is 1. The number of hydrogen-bond donors (Lipinski definition) is 1. The van der Waals surface area contributed by atoms with Crippen molar-refractivity contribution in [2.45, 2.75) is 32.9 Å². The van der Waals surface area contributed by atoms with Crippen molar-refractivity contribution in [2.24, 2.45) is 5.73 Å². The Labute approximate surface area is 173 Å². The third-order valence-electron chi connectivity index (χ3n) is 5.27. The molecule has 0 spiro atoms. The van der Waals surface area contributed by atoms with Gasteiger partial charge in [-0.15, -0.1) is 0 Å². The Bertz CT molecular complexity index is 1120. The van der Waals surface area contributed by atoms with E-state index in [2.05, 4.69) is 5.10 Å². The van der Waals surface area contributed by atoms with Crippen LogP contribution in [0.4, 0.5) is 0 Å². The molecule has 7 heteroatoms. The lowest BCUT2D eigenvalue weighted by atomic mass is 9.93. The SMILES string of the molecule is Cc1cc(C)n(-c2ccc(Cl)c(C(=O)N3Cc4ccccc4C[C@H]3C(N)=O)c2)n1. The molecule has 0 fully saturated rings. The van der Waals surface area contributed by atoms with E-state index in [1.165, 1.54) is 4.90 Å². The summed E-state index contributed by atoms with van der Waals surface area (Å²) in [6.07, 6.45) is 0.395. The first-order valence-electron chi connectivity index (χ1n) is 9.35.